The van der Waals surface area contributed by atoms with Crippen LogP contribution in [0.25, 0.3) is 0 Å². The minimum Gasteiger partial charge on any atom is -0.378 e. The molecule has 4 nitrogen and oxygen atoms in total. The summed E-state index contributed by atoms with van der Waals surface area (Å²) in [7, 11) is 0. The highest BCUT2D eigenvalue weighted by molar-refractivity contribution is 5.85. The third kappa shape index (κ3) is 5.55. The standard InChI is InChI=1S/C13H26N2O2.ClH/c1-4-6-13(3,14)12(16)15-9-11-5-7-17-10(2)8-11;/h10-11H,4-9,14H2,1-3H3,(H,15,16);1H. The van der Waals surface area contributed by atoms with E-state index >= 15 is 0 Å². The van der Waals surface area contributed by atoms with Crippen molar-refractivity contribution in [2.75, 3.05) is 13.2 Å². The number of carbonyl (C=O) groups excluding carboxylic acids is 1. The Labute approximate surface area is 116 Å². The Morgan fingerprint density at radius 3 is 2.78 bits per heavy atom. The van der Waals surface area contributed by atoms with Crippen molar-refractivity contribution in [2.24, 2.45) is 11.7 Å². The van der Waals surface area contributed by atoms with Gasteiger partial charge < -0.3 is 15.8 Å². The second kappa shape index (κ2) is 7.97. The van der Waals surface area contributed by atoms with Crippen LogP contribution >= 0.6 is 12.4 Å². The van der Waals surface area contributed by atoms with Crippen molar-refractivity contribution in [2.45, 2.75) is 58.1 Å². The van der Waals surface area contributed by atoms with Gasteiger partial charge in [-0.2, -0.15) is 0 Å². The van der Waals surface area contributed by atoms with Crippen molar-refractivity contribution in [1.82, 2.24) is 5.32 Å². The molecule has 3 N–H and O–H groups in total. The molecule has 1 rings (SSSR count). The molecule has 1 saturated heterocycles. The van der Waals surface area contributed by atoms with Crippen molar-refractivity contribution in [3.05, 3.63) is 0 Å². The highest BCUT2D eigenvalue weighted by Crippen LogP contribution is 2.19. The molecule has 1 aliphatic rings. The predicted octanol–water partition coefficient (Wildman–Crippen LogP) is 1.86. The molecule has 0 spiro atoms. The first-order valence-corrected chi connectivity index (χ1v) is 6.64. The molecule has 0 radical (unpaired) electrons. The third-order valence-corrected chi connectivity index (χ3v) is 3.43. The van der Waals surface area contributed by atoms with Gasteiger partial charge in [-0.05, 0) is 39.0 Å². The number of rotatable bonds is 5. The van der Waals surface area contributed by atoms with Crippen molar-refractivity contribution < 1.29 is 9.53 Å². The molecule has 1 heterocycles. The minimum absolute atomic E-state index is 0. The van der Waals surface area contributed by atoms with E-state index in [1.54, 1.807) is 6.92 Å². The zero-order chi connectivity index (χ0) is 12.9. The lowest BCUT2D eigenvalue weighted by Crippen LogP contribution is -2.52. The van der Waals surface area contributed by atoms with E-state index in [-0.39, 0.29) is 18.3 Å². The van der Waals surface area contributed by atoms with E-state index in [0.29, 0.717) is 12.0 Å². The molecule has 18 heavy (non-hydrogen) atoms. The molecule has 108 valence electrons. The smallest absolute Gasteiger partial charge is 0.239 e. The summed E-state index contributed by atoms with van der Waals surface area (Å²) in [5.74, 6) is 0.499. The van der Waals surface area contributed by atoms with Gasteiger partial charge in [0.05, 0.1) is 11.6 Å². The quantitative estimate of drug-likeness (QED) is 0.807. The Morgan fingerprint density at radius 1 is 1.56 bits per heavy atom. The number of nitrogens with two attached hydrogens (primary N) is 1. The van der Waals surface area contributed by atoms with Gasteiger partial charge in [-0.3, -0.25) is 4.79 Å². The summed E-state index contributed by atoms with van der Waals surface area (Å²) in [6.07, 6.45) is 4.01. The molecule has 0 aromatic heterocycles. The summed E-state index contributed by atoms with van der Waals surface area (Å²) >= 11 is 0. The second-order valence-electron chi connectivity index (χ2n) is 5.45. The predicted molar refractivity (Wildman–Crippen MR) is 75.9 cm³/mol. The monoisotopic (exact) mass is 278 g/mol. The molecule has 1 amide bonds. The fraction of sp³-hybridized carbons (Fsp3) is 0.923. The number of carbonyl (C=O) groups is 1. The first-order chi connectivity index (χ1) is 7.95. The molecule has 0 aromatic rings. The van der Waals surface area contributed by atoms with E-state index in [1.807, 2.05) is 6.92 Å². The summed E-state index contributed by atoms with van der Waals surface area (Å²) < 4.78 is 5.48. The van der Waals surface area contributed by atoms with E-state index in [0.717, 1.165) is 38.8 Å². The van der Waals surface area contributed by atoms with Gasteiger partial charge in [0.1, 0.15) is 0 Å². The number of hydrogen-bond donors (Lipinski definition) is 2. The van der Waals surface area contributed by atoms with Gasteiger partial charge in [0, 0.05) is 13.2 Å². The molecule has 0 saturated carbocycles. The molecule has 1 fully saturated rings. The fourth-order valence-electron chi connectivity index (χ4n) is 2.35. The molecule has 5 heteroatoms. The maximum absolute atomic E-state index is 11.9. The molecule has 1 aliphatic heterocycles. The topological polar surface area (TPSA) is 64.4 Å². The lowest BCUT2D eigenvalue weighted by Gasteiger charge is -2.29. The highest BCUT2D eigenvalue weighted by atomic mass is 35.5. The zero-order valence-corrected chi connectivity index (χ0v) is 12.5. The maximum Gasteiger partial charge on any atom is 0.239 e. The Kier molecular flexibility index (Phi) is 7.83. The van der Waals surface area contributed by atoms with E-state index in [2.05, 4.69) is 12.2 Å². The Morgan fingerprint density at radius 2 is 2.22 bits per heavy atom. The number of halogens is 1. The summed E-state index contributed by atoms with van der Waals surface area (Å²) in [6, 6.07) is 0. The lowest BCUT2D eigenvalue weighted by atomic mass is 9.94. The lowest BCUT2D eigenvalue weighted by molar-refractivity contribution is -0.126. The summed E-state index contributed by atoms with van der Waals surface area (Å²) in [4.78, 5) is 11.9. The zero-order valence-electron chi connectivity index (χ0n) is 11.7. The summed E-state index contributed by atoms with van der Waals surface area (Å²) in [5, 5.41) is 2.98. The van der Waals surface area contributed by atoms with Gasteiger partial charge in [-0.25, -0.2) is 0 Å². The van der Waals surface area contributed by atoms with Crippen LogP contribution in [0.4, 0.5) is 0 Å². The van der Waals surface area contributed by atoms with Crippen molar-refractivity contribution in [1.29, 1.82) is 0 Å². The first-order valence-electron chi connectivity index (χ1n) is 6.64. The summed E-state index contributed by atoms with van der Waals surface area (Å²) in [6.45, 7) is 7.45. The van der Waals surface area contributed by atoms with Crippen LogP contribution in [-0.2, 0) is 9.53 Å². The van der Waals surface area contributed by atoms with E-state index < -0.39 is 5.54 Å². The fourth-order valence-corrected chi connectivity index (χ4v) is 2.35. The van der Waals surface area contributed by atoms with Crippen molar-refractivity contribution in [3.8, 4) is 0 Å². The molecular formula is C13H27ClN2O2. The van der Waals surface area contributed by atoms with Gasteiger partial charge in [-0.15, -0.1) is 12.4 Å². The van der Waals surface area contributed by atoms with Gasteiger partial charge >= 0.3 is 0 Å². The molecular weight excluding hydrogens is 252 g/mol. The van der Waals surface area contributed by atoms with Gasteiger partial charge in [0.25, 0.3) is 0 Å². The van der Waals surface area contributed by atoms with Crippen LogP contribution in [0.15, 0.2) is 0 Å². The largest absolute Gasteiger partial charge is 0.378 e. The number of ether oxygens (including phenoxy) is 1. The molecule has 3 unspecified atom stereocenters. The van der Waals surface area contributed by atoms with Gasteiger partial charge in [-0.1, -0.05) is 13.3 Å². The van der Waals surface area contributed by atoms with Crippen LogP contribution in [0.1, 0.15) is 46.5 Å². The normalized spacial score (nSPS) is 26.9. The Balaban J connectivity index is 0.00000289. The minimum atomic E-state index is -0.731. The van der Waals surface area contributed by atoms with Crippen LogP contribution in [-0.4, -0.2) is 30.7 Å². The van der Waals surface area contributed by atoms with Crippen LogP contribution in [0.5, 0.6) is 0 Å². The van der Waals surface area contributed by atoms with Crippen molar-refractivity contribution in [3.63, 3.8) is 0 Å². The van der Waals surface area contributed by atoms with E-state index in [1.165, 1.54) is 0 Å². The van der Waals surface area contributed by atoms with Crippen LogP contribution < -0.4 is 11.1 Å². The average molecular weight is 279 g/mol. The van der Waals surface area contributed by atoms with Crippen molar-refractivity contribution >= 4 is 18.3 Å². The van der Waals surface area contributed by atoms with E-state index in [9.17, 15) is 4.79 Å². The Bertz CT molecular complexity index is 259. The average Bonchev–Trinajstić information content (AvgIpc) is 2.26. The number of hydrogen-bond acceptors (Lipinski definition) is 3. The van der Waals surface area contributed by atoms with Gasteiger partial charge in [0.2, 0.25) is 5.91 Å². The first kappa shape index (κ1) is 17.7. The molecule has 3 atom stereocenters. The number of nitrogens with one attached hydrogen (secondary N) is 1. The molecule has 0 bridgehead atoms. The SMILES string of the molecule is CCCC(C)(N)C(=O)NCC1CCOC(C)C1.Cl. The molecule has 0 aliphatic carbocycles. The van der Waals surface area contributed by atoms with Crippen LogP contribution in [0.3, 0.4) is 0 Å². The summed E-state index contributed by atoms with van der Waals surface area (Å²) in [5.41, 5.74) is 5.25. The highest BCUT2D eigenvalue weighted by Gasteiger charge is 2.28. The Hall–Kier alpha value is -0.320. The maximum atomic E-state index is 11.9. The second-order valence-corrected chi connectivity index (χ2v) is 5.45. The van der Waals surface area contributed by atoms with E-state index in [4.69, 9.17) is 10.5 Å². The van der Waals surface area contributed by atoms with Crippen LogP contribution in [0.2, 0.25) is 0 Å². The van der Waals surface area contributed by atoms with Gasteiger partial charge in [0.15, 0.2) is 0 Å². The third-order valence-electron chi connectivity index (χ3n) is 3.43. The van der Waals surface area contributed by atoms with Crippen LogP contribution in [0, 0.1) is 5.92 Å². The molecule has 0 aromatic carbocycles. The number of amides is 1.